The van der Waals surface area contributed by atoms with Crippen molar-refractivity contribution in [1.29, 1.82) is 0 Å². The molecule has 3 rings (SSSR count). The van der Waals surface area contributed by atoms with E-state index in [1.54, 1.807) is 20.8 Å². The third-order valence-corrected chi connectivity index (χ3v) is 10.4. The fourth-order valence-corrected chi connectivity index (χ4v) is 8.09. The van der Waals surface area contributed by atoms with E-state index in [-0.39, 0.29) is 102 Å². The van der Waals surface area contributed by atoms with Gasteiger partial charge in [0.05, 0.1) is 12.0 Å². The van der Waals surface area contributed by atoms with E-state index in [9.17, 15) is 24.1 Å². The van der Waals surface area contributed by atoms with Crippen molar-refractivity contribution < 1.29 is 62.9 Å². The molecule has 0 N–H and O–H groups in total. The van der Waals surface area contributed by atoms with Crippen LogP contribution >= 0.6 is 47.9 Å². The van der Waals surface area contributed by atoms with E-state index in [1.807, 2.05) is 30.3 Å². The van der Waals surface area contributed by atoms with Gasteiger partial charge in [0.15, 0.2) is 0 Å². The second-order valence-electron chi connectivity index (χ2n) is 11.5. The average molecular weight is 704 g/mol. The normalized spacial score (nSPS) is 19.9. The van der Waals surface area contributed by atoms with Crippen LogP contribution in [0.1, 0.15) is 91.5 Å². The summed E-state index contributed by atoms with van der Waals surface area (Å²) in [5.41, 5.74) is 1.17. The Hall–Kier alpha value is -0.130. The Morgan fingerprint density at radius 1 is 1.00 bits per heavy atom. The van der Waals surface area contributed by atoms with Gasteiger partial charge in [-0.05, 0) is 43.1 Å². The topological polar surface area (TPSA) is 113 Å². The van der Waals surface area contributed by atoms with Crippen molar-refractivity contribution in [2.75, 3.05) is 18.9 Å². The molecule has 250 valence electrons. The van der Waals surface area contributed by atoms with E-state index in [1.165, 1.54) is 16.9 Å². The number of likely N-dealkylation sites (tertiary alicyclic amines) is 1. The maximum absolute atomic E-state index is 14.2. The zero-order valence-corrected chi connectivity index (χ0v) is 32.1. The molecule has 1 aliphatic carbocycles. The number of benzene rings is 1. The third kappa shape index (κ3) is 15.2. The molecule has 0 unspecified atom stereocenters. The molecule has 4 atom stereocenters. The number of hydrogen-bond acceptors (Lipinski definition) is 7. The molecule has 8 nitrogen and oxygen atoms in total. The Morgan fingerprint density at radius 3 is 2.16 bits per heavy atom. The molecule has 13 heteroatoms. The van der Waals surface area contributed by atoms with E-state index in [0.717, 1.165) is 38.5 Å². The fourth-order valence-electron chi connectivity index (χ4n) is 5.79. The number of esters is 1. The molecule has 1 aromatic carbocycles. The summed E-state index contributed by atoms with van der Waals surface area (Å²) < 4.78 is 25.6. The molecule has 1 aliphatic heterocycles. The standard InChI is InChI=1S/C30H46NO7P.CH4.Na.3H2S/c1-4-28(33)37-30(22(2)3)38-39(36,18-12-11-15-23-13-7-5-8-14-23)21-27(32)31-20-25(19-26(31)29(34)35)24-16-9-6-10-17-24;;;;;/h5,7-8,13-14,22,24-26,30H,4,6,9-12,15-21H2,1-3H3,(H,34,35);1H4;;3*1H2/q;;+1;;;/p-1/t25-,26+,30+,39-;;;;;/m1...../s1. The first kappa shape index (κ1) is 48.3. The van der Waals surface area contributed by atoms with Gasteiger partial charge < -0.3 is 19.5 Å². The Balaban J connectivity index is -0.00000336. The maximum atomic E-state index is 14.2. The summed E-state index contributed by atoms with van der Waals surface area (Å²) in [6.45, 7) is 5.62. The first-order chi connectivity index (χ1) is 18.6. The molecule has 2 aliphatic rings. The average Bonchev–Trinajstić information content (AvgIpc) is 3.38. The summed E-state index contributed by atoms with van der Waals surface area (Å²) in [4.78, 5) is 39.0. The van der Waals surface area contributed by atoms with E-state index in [0.29, 0.717) is 25.3 Å². The van der Waals surface area contributed by atoms with Gasteiger partial charge in [0, 0.05) is 25.0 Å². The minimum absolute atomic E-state index is 0. The number of carboxylic acids is 1. The first-order valence-electron chi connectivity index (χ1n) is 14.6. The quantitative estimate of drug-likeness (QED) is 0.0964. The zero-order valence-electron chi connectivity index (χ0n) is 26.2. The monoisotopic (exact) mass is 703 g/mol. The number of rotatable bonds is 14. The van der Waals surface area contributed by atoms with Crippen molar-refractivity contribution in [2.24, 2.45) is 17.8 Å². The van der Waals surface area contributed by atoms with Crippen molar-refractivity contribution >= 4 is 65.7 Å². The van der Waals surface area contributed by atoms with Gasteiger partial charge in [-0.1, -0.05) is 90.6 Å². The summed E-state index contributed by atoms with van der Waals surface area (Å²) >= 11 is 0. The summed E-state index contributed by atoms with van der Waals surface area (Å²) in [5, 5.41) is 12.0. The number of hydrogen-bond donors (Lipinski definition) is 0. The van der Waals surface area contributed by atoms with Gasteiger partial charge in [0.25, 0.3) is 0 Å². The third-order valence-electron chi connectivity index (χ3n) is 8.05. The van der Waals surface area contributed by atoms with Crippen LogP contribution in [0.15, 0.2) is 30.3 Å². The first-order valence-corrected chi connectivity index (χ1v) is 16.6. The zero-order chi connectivity index (χ0) is 28.4. The van der Waals surface area contributed by atoms with Gasteiger partial charge in [0.2, 0.25) is 19.6 Å². The van der Waals surface area contributed by atoms with Crippen LogP contribution in [0.5, 0.6) is 0 Å². The number of carboxylic acid groups (broad SMARTS) is 1. The van der Waals surface area contributed by atoms with Crippen LogP contribution < -0.4 is 34.7 Å². The second-order valence-corrected chi connectivity index (χ2v) is 14.1. The molecule has 2 fully saturated rings. The van der Waals surface area contributed by atoms with Crippen LogP contribution in [-0.2, 0) is 34.6 Å². The Kier molecular flexibility index (Phi) is 26.4. The van der Waals surface area contributed by atoms with Gasteiger partial charge in [-0.25, -0.2) is 0 Å². The predicted octanol–water partition coefficient (Wildman–Crippen LogP) is 2.77. The molecular formula is C31H55NNaO7PS3. The molecule has 0 radical (unpaired) electrons. The number of aliphatic carboxylic acids is 1. The van der Waals surface area contributed by atoms with E-state index in [4.69, 9.17) is 9.26 Å². The van der Waals surface area contributed by atoms with Gasteiger partial charge >= 0.3 is 35.5 Å². The van der Waals surface area contributed by atoms with Gasteiger partial charge in [-0.2, -0.15) is 40.5 Å². The molecule has 1 saturated heterocycles. The number of carbonyl (C=O) groups excluding carboxylic acids is 3. The van der Waals surface area contributed by atoms with Gasteiger partial charge in [-0.3, -0.25) is 18.7 Å². The van der Waals surface area contributed by atoms with E-state index >= 15 is 0 Å². The Labute approximate surface area is 308 Å². The smallest absolute Gasteiger partial charge is 0.548 e. The molecule has 0 aromatic heterocycles. The minimum atomic E-state index is -3.62. The van der Waals surface area contributed by atoms with Crippen LogP contribution in [0.25, 0.3) is 0 Å². The van der Waals surface area contributed by atoms with Crippen LogP contribution in [0, 0.1) is 17.8 Å². The number of carbonyl (C=O) groups is 3. The molecule has 1 aromatic rings. The van der Waals surface area contributed by atoms with Crippen LogP contribution in [0.2, 0.25) is 0 Å². The number of ether oxygens (including phenoxy) is 1. The molecule has 1 saturated carbocycles. The van der Waals surface area contributed by atoms with Crippen molar-refractivity contribution in [3.8, 4) is 0 Å². The molecule has 1 heterocycles. The summed E-state index contributed by atoms with van der Waals surface area (Å²) in [5.74, 6) is -1.99. The number of nitrogens with zero attached hydrogens (tertiary/aromatic N) is 1. The molecule has 0 spiro atoms. The second kappa shape index (κ2) is 24.1. The molecule has 44 heavy (non-hydrogen) atoms. The van der Waals surface area contributed by atoms with E-state index < -0.39 is 43.7 Å². The number of amides is 1. The van der Waals surface area contributed by atoms with Crippen LogP contribution in [0.4, 0.5) is 0 Å². The van der Waals surface area contributed by atoms with Crippen molar-refractivity contribution in [3.63, 3.8) is 0 Å². The SMILES string of the molecule is C.CCC(=O)O[C@@H](O[P@](=O)(CCCCc1ccccc1)CC(=O)N1C[C@H](C2CCCCC2)C[C@H]1C(=O)[O-])C(C)C.S.S.S.[Na+]. The van der Waals surface area contributed by atoms with Crippen molar-refractivity contribution in [2.45, 2.75) is 105 Å². The molecule has 0 bridgehead atoms. The van der Waals surface area contributed by atoms with Crippen molar-refractivity contribution in [3.05, 3.63) is 35.9 Å². The summed E-state index contributed by atoms with van der Waals surface area (Å²) in [6, 6.07) is 8.96. The Morgan fingerprint density at radius 2 is 1.61 bits per heavy atom. The molecular weight excluding hydrogens is 649 g/mol. The van der Waals surface area contributed by atoms with Crippen molar-refractivity contribution in [1.82, 2.24) is 4.90 Å². The van der Waals surface area contributed by atoms with E-state index in [2.05, 4.69) is 0 Å². The van der Waals surface area contributed by atoms with Crippen LogP contribution in [0.3, 0.4) is 0 Å². The number of aryl methyl sites for hydroxylation is 1. The summed E-state index contributed by atoms with van der Waals surface area (Å²) in [7, 11) is -3.62. The largest absolute Gasteiger partial charge is 1.00 e. The van der Waals surface area contributed by atoms with Gasteiger partial charge in [0.1, 0.15) is 6.16 Å². The maximum Gasteiger partial charge on any atom is 1.00 e. The fraction of sp³-hybridized carbons (Fsp3) is 0.710. The predicted molar refractivity (Wildman–Crippen MR) is 186 cm³/mol. The van der Waals surface area contributed by atoms with Crippen LogP contribution in [-0.4, -0.2) is 53.9 Å². The van der Waals surface area contributed by atoms with Gasteiger partial charge in [-0.15, -0.1) is 0 Å². The minimum Gasteiger partial charge on any atom is -0.548 e. The Bertz CT molecular complexity index is 1020. The molecule has 1 amide bonds. The summed E-state index contributed by atoms with van der Waals surface area (Å²) in [6.07, 6.45) is 6.88. The number of unbranched alkanes of at least 4 members (excludes halogenated alkanes) is 1.